The number of rotatable bonds is 3. The minimum Gasteiger partial charge on any atom is -0.496 e. The molecule has 110 valence electrons. The maximum Gasteiger partial charge on any atom is 0.181 e. The Kier molecular flexibility index (Phi) is 4.18. The lowest BCUT2D eigenvalue weighted by Crippen LogP contribution is -2.35. The number of benzene rings is 1. The number of methoxy groups -OCH3 is 1. The number of Topliss-reactive ketones (excluding diaryl/α,β-unsaturated/α-hetero) is 1. The Hall–Kier alpha value is -1.36. The second-order valence-corrected chi connectivity index (χ2v) is 7.66. The molecule has 1 aliphatic heterocycles. The van der Waals surface area contributed by atoms with E-state index in [0.717, 1.165) is 17.5 Å². The summed E-state index contributed by atoms with van der Waals surface area (Å²) < 4.78 is 29.4. The molecule has 0 bridgehead atoms. The van der Waals surface area contributed by atoms with Crippen LogP contribution in [0.2, 0.25) is 0 Å². The summed E-state index contributed by atoms with van der Waals surface area (Å²) in [5, 5.41) is -0.872. The van der Waals surface area contributed by atoms with E-state index in [1.54, 1.807) is 19.2 Å². The van der Waals surface area contributed by atoms with Crippen molar-refractivity contribution in [3.63, 3.8) is 0 Å². The molecule has 1 aromatic rings. The highest BCUT2D eigenvalue weighted by molar-refractivity contribution is 7.92. The van der Waals surface area contributed by atoms with Gasteiger partial charge in [0.25, 0.3) is 0 Å². The van der Waals surface area contributed by atoms with Gasteiger partial charge in [0.15, 0.2) is 15.6 Å². The third-order valence-electron chi connectivity index (χ3n) is 3.88. The Bertz CT molecular complexity index is 632. The fourth-order valence-electron chi connectivity index (χ4n) is 2.70. The van der Waals surface area contributed by atoms with Crippen LogP contribution in [0.4, 0.5) is 0 Å². The predicted molar refractivity (Wildman–Crippen MR) is 78.2 cm³/mol. The minimum atomic E-state index is -3.30. The van der Waals surface area contributed by atoms with Crippen LogP contribution in [-0.4, -0.2) is 32.3 Å². The van der Waals surface area contributed by atoms with Gasteiger partial charge in [-0.3, -0.25) is 4.79 Å². The number of carbonyl (C=O) groups excluding carboxylic acids is 1. The van der Waals surface area contributed by atoms with Crippen LogP contribution in [0, 0.1) is 13.8 Å². The summed E-state index contributed by atoms with van der Waals surface area (Å²) in [5.41, 5.74) is 2.10. The second kappa shape index (κ2) is 5.56. The van der Waals surface area contributed by atoms with Crippen molar-refractivity contribution < 1.29 is 17.9 Å². The second-order valence-electron chi connectivity index (χ2n) is 5.35. The molecule has 0 aromatic heterocycles. The van der Waals surface area contributed by atoms with Crippen molar-refractivity contribution in [3.8, 4) is 5.75 Å². The van der Waals surface area contributed by atoms with Crippen LogP contribution in [0.15, 0.2) is 12.1 Å². The van der Waals surface area contributed by atoms with Crippen molar-refractivity contribution in [1.29, 1.82) is 0 Å². The largest absolute Gasteiger partial charge is 0.496 e. The molecule has 20 heavy (non-hydrogen) atoms. The van der Waals surface area contributed by atoms with Crippen molar-refractivity contribution >= 4 is 15.6 Å². The molecular formula is C15H20O4S. The number of carbonyl (C=O) groups is 1. The number of sulfone groups is 1. The molecule has 1 saturated heterocycles. The van der Waals surface area contributed by atoms with Gasteiger partial charge in [-0.1, -0.05) is 6.42 Å². The van der Waals surface area contributed by atoms with Crippen LogP contribution < -0.4 is 4.74 Å². The zero-order chi connectivity index (χ0) is 14.9. The van der Waals surface area contributed by atoms with Crippen LogP contribution >= 0.6 is 0 Å². The average Bonchev–Trinajstić information content (AvgIpc) is 2.39. The number of aryl methyl sites for hydroxylation is 2. The van der Waals surface area contributed by atoms with E-state index in [0.29, 0.717) is 24.2 Å². The lowest BCUT2D eigenvalue weighted by molar-refractivity contribution is 0.0981. The minimum absolute atomic E-state index is 0.123. The maximum atomic E-state index is 12.6. The number of ketones is 1. The standard InChI is InChI=1S/C15H20O4S/c1-10-9-13(19-3)11(2)8-12(10)15(16)14-6-4-5-7-20(14,17)18/h8-9,14H,4-7H2,1-3H3. The maximum absolute atomic E-state index is 12.6. The van der Waals surface area contributed by atoms with E-state index < -0.39 is 15.1 Å². The molecule has 0 aliphatic carbocycles. The number of hydrogen-bond acceptors (Lipinski definition) is 4. The third-order valence-corrected chi connectivity index (χ3v) is 6.05. The molecule has 0 amide bonds. The van der Waals surface area contributed by atoms with Gasteiger partial charge in [-0.25, -0.2) is 8.42 Å². The Morgan fingerprint density at radius 3 is 2.50 bits per heavy atom. The first kappa shape index (κ1) is 15.0. The summed E-state index contributed by atoms with van der Waals surface area (Å²) in [4.78, 5) is 12.6. The zero-order valence-corrected chi connectivity index (χ0v) is 12.9. The van der Waals surface area contributed by atoms with Gasteiger partial charge in [0.2, 0.25) is 0 Å². The summed E-state index contributed by atoms with van der Waals surface area (Å²) in [7, 11) is -1.72. The highest BCUT2D eigenvalue weighted by atomic mass is 32.2. The van der Waals surface area contributed by atoms with E-state index in [1.165, 1.54) is 0 Å². The molecule has 1 atom stereocenters. The van der Waals surface area contributed by atoms with Crippen molar-refractivity contribution in [2.75, 3.05) is 12.9 Å². The van der Waals surface area contributed by atoms with Crippen molar-refractivity contribution in [1.82, 2.24) is 0 Å². The summed E-state index contributed by atoms with van der Waals surface area (Å²) >= 11 is 0. The summed E-state index contributed by atoms with van der Waals surface area (Å²) in [6.07, 6.45) is 1.89. The van der Waals surface area contributed by atoms with Crippen molar-refractivity contribution in [2.45, 2.75) is 38.4 Å². The van der Waals surface area contributed by atoms with Crippen LogP contribution in [0.5, 0.6) is 5.75 Å². The molecule has 5 heteroatoms. The molecular weight excluding hydrogens is 276 g/mol. The predicted octanol–water partition coefficient (Wildman–Crippen LogP) is 2.46. The van der Waals surface area contributed by atoms with Gasteiger partial charge in [0, 0.05) is 5.56 Å². The topological polar surface area (TPSA) is 60.4 Å². The van der Waals surface area contributed by atoms with E-state index in [4.69, 9.17) is 4.74 Å². The molecule has 1 aromatic carbocycles. The van der Waals surface area contributed by atoms with E-state index >= 15 is 0 Å². The highest BCUT2D eigenvalue weighted by Crippen LogP contribution is 2.28. The third kappa shape index (κ3) is 2.73. The van der Waals surface area contributed by atoms with E-state index in [9.17, 15) is 13.2 Å². The van der Waals surface area contributed by atoms with E-state index in [1.807, 2.05) is 13.8 Å². The van der Waals surface area contributed by atoms with Gasteiger partial charge in [0.05, 0.1) is 12.9 Å². The monoisotopic (exact) mass is 296 g/mol. The molecule has 1 fully saturated rings. The smallest absolute Gasteiger partial charge is 0.181 e. The van der Waals surface area contributed by atoms with Crippen LogP contribution in [0.3, 0.4) is 0 Å². The molecule has 1 aliphatic rings. The lowest BCUT2D eigenvalue weighted by Gasteiger charge is -2.22. The fraction of sp³-hybridized carbons (Fsp3) is 0.533. The van der Waals surface area contributed by atoms with Crippen molar-refractivity contribution in [3.05, 3.63) is 28.8 Å². The van der Waals surface area contributed by atoms with Gasteiger partial charge >= 0.3 is 0 Å². The quantitative estimate of drug-likeness (QED) is 0.804. The van der Waals surface area contributed by atoms with Crippen molar-refractivity contribution in [2.24, 2.45) is 0 Å². The number of ether oxygens (including phenoxy) is 1. The molecule has 1 heterocycles. The first-order valence-corrected chi connectivity index (χ1v) is 8.49. The first-order chi connectivity index (χ1) is 9.36. The lowest BCUT2D eigenvalue weighted by atomic mass is 9.97. The highest BCUT2D eigenvalue weighted by Gasteiger charge is 2.35. The summed E-state index contributed by atoms with van der Waals surface area (Å²) in [6.45, 7) is 3.66. The van der Waals surface area contributed by atoms with E-state index in [2.05, 4.69) is 0 Å². The fourth-order valence-corrected chi connectivity index (χ4v) is 4.57. The molecule has 4 nitrogen and oxygen atoms in total. The summed E-state index contributed by atoms with van der Waals surface area (Å²) in [6, 6.07) is 3.53. The van der Waals surface area contributed by atoms with Crippen LogP contribution in [0.25, 0.3) is 0 Å². The number of hydrogen-bond donors (Lipinski definition) is 0. The van der Waals surface area contributed by atoms with Gasteiger partial charge in [-0.15, -0.1) is 0 Å². The molecule has 0 N–H and O–H groups in total. The van der Waals surface area contributed by atoms with Gasteiger partial charge < -0.3 is 4.74 Å². The normalized spacial score (nSPS) is 21.4. The Balaban J connectivity index is 2.41. The zero-order valence-electron chi connectivity index (χ0n) is 12.1. The van der Waals surface area contributed by atoms with Crippen LogP contribution in [0.1, 0.15) is 40.7 Å². The summed E-state index contributed by atoms with van der Waals surface area (Å²) in [5.74, 6) is 0.566. The molecule has 2 rings (SSSR count). The Morgan fingerprint density at radius 1 is 1.20 bits per heavy atom. The van der Waals surface area contributed by atoms with Gasteiger partial charge in [-0.2, -0.15) is 0 Å². The molecule has 0 spiro atoms. The molecule has 0 saturated carbocycles. The first-order valence-electron chi connectivity index (χ1n) is 6.78. The molecule has 0 radical (unpaired) electrons. The molecule has 1 unspecified atom stereocenters. The van der Waals surface area contributed by atoms with Gasteiger partial charge in [-0.05, 0) is 49.9 Å². The van der Waals surface area contributed by atoms with E-state index in [-0.39, 0.29) is 11.5 Å². The van der Waals surface area contributed by atoms with Gasteiger partial charge in [0.1, 0.15) is 11.0 Å². The Labute approximate surface area is 120 Å². The Morgan fingerprint density at radius 2 is 1.90 bits per heavy atom. The average molecular weight is 296 g/mol. The SMILES string of the molecule is COc1cc(C)c(C(=O)C2CCCCS2(=O)=O)cc1C. The van der Waals surface area contributed by atoms with Crippen LogP contribution in [-0.2, 0) is 9.84 Å².